The lowest BCUT2D eigenvalue weighted by atomic mass is 9.91. The van der Waals surface area contributed by atoms with Crippen molar-refractivity contribution in [2.24, 2.45) is 11.8 Å². The highest BCUT2D eigenvalue weighted by Crippen LogP contribution is 2.22. The highest BCUT2D eigenvalue weighted by Gasteiger charge is 2.26. The minimum Gasteiger partial charge on any atom is -0.298 e. The molecule has 1 rings (SSSR count). The molecule has 82 valence electrons. The number of hydrogen-bond acceptors (Lipinski definition) is 2. The van der Waals surface area contributed by atoms with Gasteiger partial charge in [0, 0.05) is 12.0 Å². The van der Waals surface area contributed by atoms with E-state index in [4.69, 9.17) is 0 Å². The summed E-state index contributed by atoms with van der Waals surface area (Å²) in [7, 11) is 0. The van der Waals surface area contributed by atoms with E-state index in [0.717, 1.165) is 12.5 Å². The largest absolute Gasteiger partial charge is 0.298 e. The second-order valence-electron chi connectivity index (χ2n) is 4.95. The van der Waals surface area contributed by atoms with Crippen molar-refractivity contribution in [1.29, 1.82) is 0 Å². The van der Waals surface area contributed by atoms with E-state index in [1.54, 1.807) is 0 Å². The molecule has 0 aromatic heterocycles. The fourth-order valence-corrected chi connectivity index (χ4v) is 2.03. The first-order valence-electron chi connectivity index (χ1n) is 5.79. The number of nitrogens with zero attached hydrogens (tertiary/aromatic N) is 1. The molecule has 0 aliphatic carbocycles. The molecule has 2 unspecified atom stereocenters. The molecule has 0 radical (unpaired) electrons. The molecule has 0 amide bonds. The first-order valence-corrected chi connectivity index (χ1v) is 5.79. The lowest BCUT2D eigenvalue weighted by Gasteiger charge is -2.37. The summed E-state index contributed by atoms with van der Waals surface area (Å²) in [4.78, 5) is 14.0. The van der Waals surface area contributed by atoms with Crippen LogP contribution in [0.3, 0.4) is 0 Å². The maximum absolute atomic E-state index is 11.6. The fraction of sp³-hybridized carbons (Fsp3) is 0.917. The van der Waals surface area contributed by atoms with Gasteiger partial charge in [-0.1, -0.05) is 20.8 Å². The summed E-state index contributed by atoms with van der Waals surface area (Å²) in [6, 6.07) is 0.575. The van der Waals surface area contributed by atoms with E-state index in [1.165, 1.54) is 12.8 Å². The molecule has 0 bridgehead atoms. The predicted octanol–water partition coefficient (Wildman–Crippen LogP) is 2.33. The molecular weight excluding hydrogens is 174 g/mol. The number of carbonyl (C=O) groups excluding carboxylic acids is 1. The molecule has 1 saturated heterocycles. The van der Waals surface area contributed by atoms with Gasteiger partial charge in [-0.2, -0.15) is 0 Å². The Morgan fingerprint density at radius 1 is 1.43 bits per heavy atom. The number of Topliss-reactive ketones (excluding diaryl/α,β-unsaturated/α-hetero) is 1. The van der Waals surface area contributed by atoms with Crippen LogP contribution in [0.5, 0.6) is 0 Å². The Balaban J connectivity index is 2.47. The van der Waals surface area contributed by atoms with Crippen molar-refractivity contribution in [1.82, 2.24) is 4.90 Å². The van der Waals surface area contributed by atoms with Gasteiger partial charge >= 0.3 is 0 Å². The van der Waals surface area contributed by atoms with Crippen LogP contribution in [0.25, 0.3) is 0 Å². The molecule has 2 atom stereocenters. The molecule has 0 aromatic carbocycles. The Morgan fingerprint density at radius 2 is 2.07 bits per heavy atom. The average molecular weight is 197 g/mol. The fourth-order valence-electron chi connectivity index (χ4n) is 2.03. The van der Waals surface area contributed by atoms with Crippen molar-refractivity contribution >= 4 is 5.78 Å². The summed E-state index contributed by atoms with van der Waals surface area (Å²) >= 11 is 0. The zero-order valence-electron chi connectivity index (χ0n) is 9.92. The van der Waals surface area contributed by atoms with E-state index in [-0.39, 0.29) is 5.92 Å². The van der Waals surface area contributed by atoms with E-state index in [2.05, 4.69) is 18.7 Å². The predicted molar refractivity (Wildman–Crippen MR) is 59.3 cm³/mol. The van der Waals surface area contributed by atoms with Gasteiger partial charge in [-0.3, -0.25) is 9.69 Å². The Hall–Kier alpha value is -0.370. The molecule has 0 aromatic rings. The molecule has 1 aliphatic heterocycles. The number of hydrogen-bond donors (Lipinski definition) is 0. The first-order chi connectivity index (χ1) is 6.52. The van der Waals surface area contributed by atoms with Crippen molar-refractivity contribution in [3.8, 4) is 0 Å². The molecular formula is C12H23NO. The summed E-state index contributed by atoms with van der Waals surface area (Å²) in [6.45, 7) is 10.3. The Bertz CT molecular complexity index is 200. The number of ketones is 1. The van der Waals surface area contributed by atoms with E-state index in [9.17, 15) is 4.79 Å². The van der Waals surface area contributed by atoms with Gasteiger partial charge in [-0.15, -0.1) is 0 Å². The second-order valence-corrected chi connectivity index (χ2v) is 4.95. The summed E-state index contributed by atoms with van der Waals surface area (Å²) in [6.07, 6.45) is 2.56. The molecule has 0 saturated carbocycles. The third kappa shape index (κ3) is 2.81. The van der Waals surface area contributed by atoms with Crippen molar-refractivity contribution in [2.45, 2.75) is 46.6 Å². The number of carbonyl (C=O) groups is 1. The van der Waals surface area contributed by atoms with Crippen LogP contribution in [0.1, 0.15) is 40.5 Å². The van der Waals surface area contributed by atoms with Gasteiger partial charge in [0.15, 0.2) is 0 Å². The molecule has 14 heavy (non-hydrogen) atoms. The summed E-state index contributed by atoms with van der Waals surface area (Å²) in [5.74, 6) is 1.30. The highest BCUT2D eigenvalue weighted by atomic mass is 16.1. The Labute approximate surface area is 87.7 Å². The Morgan fingerprint density at radius 3 is 2.64 bits per heavy atom. The summed E-state index contributed by atoms with van der Waals surface area (Å²) in [5.41, 5.74) is 0. The molecule has 0 N–H and O–H groups in total. The standard InChI is InChI=1S/C12H23NO/c1-9(2)12(14)8-13-7-5-6-10(3)11(13)4/h9-11H,5-8H2,1-4H3. The third-order valence-electron chi connectivity index (χ3n) is 3.51. The van der Waals surface area contributed by atoms with Gasteiger partial charge in [0.1, 0.15) is 5.78 Å². The zero-order valence-corrected chi connectivity index (χ0v) is 9.92. The lowest BCUT2D eigenvalue weighted by Crippen LogP contribution is -2.45. The van der Waals surface area contributed by atoms with Gasteiger partial charge in [-0.25, -0.2) is 0 Å². The molecule has 0 spiro atoms. The second kappa shape index (κ2) is 4.92. The van der Waals surface area contributed by atoms with Crippen molar-refractivity contribution in [2.75, 3.05) is 13.1 Å². The van der Waals surface area contributed by atoms with Crippen molar-refractivity contribution < 1.29 is 4.79 Å². The van der Waals surface area contributed by atoms with Crippen LogP contribution in [-0.2, 0) is 4.79 Å². The smallest absolute Gasteiger partial charge is 0.149 e. The number of piperidine rings is 1. The molecule has 1 heterocycles. The molecule has 1 aliphatic rings. The first kappa shape index (κ1) is 11.7. The van der Waals surface area contributed by atoms with E-state index < -0.39 is 0 Å². The minimum atomic E-state index is 0.180. The normalized spacial score (nSPS) is 29.5. The van der Waals surface area contributed by atoms with Crippen LogP contribution in [-0.4, -0.2) is 29.8 Å². The van der Waals surface area contributed by atoms with Crippen LogP contribution in [0.4, 0.5) is 0 Å². The van der Waals surface area contributed by atoms with Gasteiger partial charge in [0.25, 0.3) is 0 Å². The topological polar surface area (TPSA) is 20.3 Å². The average Bonchev–Trinajstić information content (AvgIpc) is 2.12. The van der Waals surface area contributed by atoms with Crippen LogP contribution < -0.4 is 0 Å². The van der Waals surface area contributed by atoms with Crippen molar-refractivity contribution in [3.63, 3.8) is 0 Å². The van der Waals surface area contributed by atoms with E-state index >= 15 is 0 Å². The maximum Gasteiger partial charge on any atom is 0.149 e. The SMILES string of the molecule is CC(C)C(=O)CN1CCCC(C)C1C. The lowest BCUT2D eigenvalue weighted by molar-refractivity contribution is -0.124. The quantitative estimate of drug-likeness (QED) is 0.692. The summed E-state index contributed by atoms with van der Waals surface area (Å²) in [5, 5.41) is 0. The molecule has 2 heteroatoms. The van der Waals surface area contributed by atoms with Crippen LogP contribution in [0.2, 0.25) is 0 Å². The van der Waals surface area contributed by atoms with Crippen LogP contribution >= 0.6 is 0 Å². The Kier molecular flexibility index (Phi) is 4.11. The van der Waals surface area contributed by atoms with Gasteiger partial charge in [0.2, 0.25) is 0 Å². The number of rotatable bonds is 3. The molecule has 2 nitrogen and oxygen atoms in total. The number of likely N-dealkylation sites (tertiary alicyclic amines) is 1. The maximum atomic E-state index is 11.6. The van der Waals surface area contributed by atoms with Crippen LogP contribution in [0.15, 0.2) is 0 Å². The zero-order chi connectivity index (χ0) is 10.7. The summed E-state index contributed by atoms with van der Waals surface area (Å²) < 4.78 is 0. The van der Waals surface area contributed by atoms with E-state index in [1.807, 2.05) is 13.8 Å². The van der Waals surface area contributed by atoms with Gasteiger partial charge in [-0.05, 0) is 32.2 Å². The van der Waals surface area contributed by atoms with Crippen LogP contribution in [0, 0.1) is 11.8 Å². The van der Waals surface area contributed by atoms with E-state index in [0.29, 0.717) is 18.4 Å². The highest BCUT2D eigenvalue weighted by molar-refractivity contribution is 5.82. The third-order valence-corrected chi connectivity index (χ3v) is 3.51. The monoisotopic (exact) mass is 197 g/mol. The van der Waals surface area contributed by atoms with Crippen molar-refractivity contribution in [3.05, 3.63) is 0 Å². The molecule has 1 fully saturated rings. The van der Waals surface area contributed by atoms with Gasteiger partial charge < -0.3 is 0 Å². The van der Waals surface area contributed by atoms with Gasteiger partial charge in [0.05, 0.1) is 6.54 Å². The minimum absolute atomic E-state index is 0.180.